The highest BCUT2D eigenvalue weighted by Gasteiger charge is 2.09. The van der Waals surface area contributed by atoms with Crippen LogP contribution in [-0.4, -0.2) is 18.6 Å². The van der Waals surface area contributed by atoms with Crippen LogP contribution in [0.25, 0.3) is 11.3 Å². The summed E-state index contributed by atoms with van der Waals surface area (Å²) < 4.78 is 18.6. The molecular formula is C15H17FN2O. The summed E-state index contributed by atoms with van der Waals surface area (Å²) in [5, 5.41) is 3.28. The molecule has 0 fully saturated rings. The van der Waals surface area contributed by atoms with Crippen molar-refractivity contribution < 1.29 is 9.13 Å². The Morgan fingerprint density at radius 3 is 2.84 bits per heavy atom. The third-order valence-electron chi connectivity index (χ3n) is 2.78. The molecule has 1 aromatic heterocycles. The van der Waals surface area contributed by atoms with Gasteiger partial charge in [-0.2, -0.15) is 0 Å². The van der Waals surface area contributed by atoms with Gasteiger partial charge in [-0.3, -0.25) is 4.98 Å². The van der Waals surface area contributed by atoms with E-state index in [1.54, 1.807) is 19.4 Å². The first-order chi connectivity index (χ1) is 9.24. The highest BCUT2D eigenvalue weighted by Crippen LogP contribution is 2.30. The number of rotatable bonds is 5. The Hall–Kier alpha value is -2.10. The van der Waals surface area contributed by atoms with E-state index in [0.717, 1.165) is 18.7 Å². The van der Waals surface area contributed by atoms with Gasteiger partial charge in [0.2, 0.25) is 0 Å². The topological polar surface area (TPSA) is 34.2 Å². The number of nitrogens with one attached hydrogen (secondary N) is 1. The van der Waals surface area contributed by atoms with Crippen LogP contribution in [0.15, 0.2) is 36.5 Å². The zero-order valence-electron chi connectivity index (χ0n) is 11.1. The molecular weight excluding hydrogens is 243 g/mol. The number of nitrogens with zero attached hydrogens (tertiary/aromatic N) is 1. The average Bonchev–Trinajstić information content (AvgIpc) is 2.45. The summed E-state index contributed by atoms with van der Waals surface area (Å²) in [6, 6.07) is 8.21. The van der Waals surface area contributed by atoms with Crippen LogP contribution < -0.4 is 10.1 Å². The summed E-state index contributed by atoms with van der Waals surface area (Å²) in [6.07, 6.45) is 2.75. The summed E-state index contributed by atoms with van der Waals surface area (Å²) in [5.74, 6) is 0.311. The lowest BCUT2D eigenvalue weighted by molar-refractivity contribution is 0.415. The molecule has 0 saturated heterocycles. The fourth-order valence-corrected chi connectivity index (χ4v) is 1.84. The van der Waals surface area contributed by atoms with Crippen LogP contribution in [0.4, 0.5) is 10.1 Å². The molecule has 0 radical (unpaired) electrons. The minimum Gasteiger partial charge on any atom is -0.496 e. The number of hydrogen-bond acceptors (Lipinski definition) is 3. The van der Waals surface area contributed by atoms with E-state index in [1.165, 1.54) is 12.1 Å². The fraction of sp³-hybridized carbons (Fsp3) is 0.267. The third-order valence-corrected chi connectivity index (χ3v) is 2.78. The first kappa shape index (κ1) is 13.3. The number of halogens is 1. The summed E-state index contributed by atoms with van der Waals surface area (Å²) in [5.41, 5.74) is 2.32. The lowest BCUT2D eigenvalue weighted by atomic mass is 10.1. The van der Waals surface area contributed by atoms with Gasteiger partial charge in [-0.25, -0.2) is 4.39 Å². The molecule has 0 aliphatic carbocycles. The van der Waals surface area contributed by atoms with Crippen molar-refractivity contribution in [3.8, 4) is 17.0 Å². The van der Waals surface area contributed by atoms with Crippen LogP contribution in [0.5, 0.6) is 5.75 Å². The van der Waals surface area contributed by atoms with Gasteiger partial charge in [0.05, 0.1) is 12.8 Å². The van der Waals surface area contributed by atoms with Crippen LogP contribution in [0.1, 0.15) is 13.3 Å². The molecule has 0 spiro atoms. The first-order valence-corrected chi connectivity index (χ1v) is 6.28. The smallest absolute Gasteiger partial charge is 0.128 e. The van der Waals surface area contributed by atoms with E-state index in [0.29, 0.717) is 17.0 Å². The molecule has 2 aromatic rings. The monoisotopic (exact) mass is 260 g/mol. The van der Waals surface area contributed by atoms with E-state index in [-0.39, 0.29) is 5.82 Å². The van der Waals surface area contributed by atoms with Crippen molar-refractivity contribution in [2.75, 3.05) is 19.0 Å². The van der Waals surface area contributed by atoms with Gasteiger partial charge in [-0.15, -0.1) is 0 Å². The van der Waals surface area contributed by atoms with Crippen molar-refractivity contribution >= 4 is 5.69 Å². The minimum atomic E-state index is -0.301. The van der Waals surface area contributed by atoms with Gasteiger partial charge in [0.15, 0.2) is 0 Å². The molecule has 0 aliphatic rings. The Morgan fingerprint density at radius 2 is 2.11 bits per heavy atom. The normalized spacial score (nSPS) is 10.3. The molecule has 3 nitrogen and oxygen atoms in total. The minimum absolute atomic E-state index is 0.301. The molecule has 0 atom stereocenters. The highest BCUT2D eigenvalue weighted by atomic mass is 19.1. The maximum Gasteiger partial charge on any atom is 0.128 e. The van der Waals surface area contributed by atoms with Gasteiger partial charge in [0.1, 0.15) is 11.6 Å². The van der Waals surface area contributed by atoms with Crippen molar-refractivity contribution in [2.24, 2.45) is 0 Å². The lowest BCUT2D eigenvalue weighted by Crippen LogP contribution is -2.00. The second kappa shape index (κ2) is 6.18. The molecule has 0 amide bonds. The number of aromatic nitrogens is 1. The summed E-state index contributed by atoms with van der Waals surface area (Å²) in [7, 11) is 1.57. The molecule has 19 heavy (non-hydrogen) atoms. The Kier molecular flexibility index (Phi) is 4.34. The Labute approximate surface area is 112 Å². The molecule has 0 saturated carbocycles. The Morgan fingerprint density at radius 1 is 1.26 bits per heavy atom. The zero-order chi connectivity index (χ0) is 13.7. The molecule has 1 aromatic carbocycles. The number of pyridine rings is 1. The lowest BCUT2D eigenvalue weighted by Gasteiger charge is -2.10. The van der Waals surface area contributed by atoms with Crippen LogP contribution >= 0.6 is 0 Å². The van der Waals surface area contributed by atoms with Gasteiger partial charge in [-0.1, -0.05) is 6.92 Å². The number of ether oxygens (including phenoxy) is 1. The SMILES string of the molecule is CCCNc1ccnc(-c2cc(F)ccc2OC)c1. The first-order valence-electron chi connectivity index (χ1n) is 6.28. The maximum atomic E-state index is 13.4. The van der Waals surface area contributed by atoms with Crippen LogP contribution in [0.3, 0.4) is 0 Å². The third kappa shape index (κ3) is 3.22. The van der Waals surface area contributed by atoms with Gasteiger partial charge in [0.25, 0.3) is 0 Å². The van der Waals surface area contributed by atoms with E-state index < -0.39 is 0 Å². The number of benzene rings is 1. The molecule has 100 valence electrons. The summed E-state index contributed by atoms with van der Waals surface area (Å²) in [4.78, 5) is 4.28. The molecule has 4 heteroatoms. The van der Waals surface area contributed by atoms with Crippen molar-refractivity contribution in [3.63, 3.8) is 0 Å². The molecule has 2 rings (SSSR count). The fourth-order valence-electron chi connectivity index (χ4n) is 1.84. The maximum absolute atomic E-state index is 13.4. The molecule has 0 bridgehead atoms. The van der Waals surface area contributed by atoms with Gasteiger partial charge >= 0.3 is 0 Å². The molecule has 1 N–H and O–H groups in total. The van der Waals surface area contributed by atoms with Crippen molar-refractivity contribution in [2.45, 2.75) is 13.3 Å². The number of anilines is 1. The highest BCUT2D eigenvalue weighted by molar-refractivity contribution is 5.70. The van der Waals surface area contributed by atoms with E-state index in [9.17, 15) is 4.39 Å². The average molecular weight is 260 g/mol. The number of methoxy groups -OCH3 is 1. The van der Waals surface area contributed by atoms with E-state index in [1.807, 2.05) is 12.1 Å². The standard InChI is InChI=1S/C15H17FN2O/c1-3-7-17-12-6-8-18-14(10-12)13-9-11(16)4-5-15(13)19-2/h4-6,8-10H,3,7H2,1-2H3,(H,17,18). The number of hydrogen-bond donors (Lipinski definition) is 1. The summed E-state index contributed by atoms with van der Waals surface area (Å²) in [6.45, 7) is 2.99. The van der Waals surface area contributed by atoms with Crippen LogP contribution in [0, 0.1) is 5.82 Å². The van der Waals surface area contributed by atoms with E-state index in [2.05, 4.69) is 17.2 Å². The van der Waals surface area contributed by atoms with Gasteiger partial charge in [-0.05, 0) is 36.8 Å². The second-order valence-electron chi connectivity index (χ2n) is 4.20. The molecule has 0 aliphatic heterocycles. The Bertz CT molecular complexity index is 558. The summed E-state index contributed by atoms with van der Waals surface area (Å²) >= 11 is 0. The van der Waals surface area contributed by atoms with E-state index >= 15 is 0 Å². The van der Waals surface area contributed by atoms with E-state index in [4.69, 9.17) is 4.74 Å². The largest absolute Gasteiger partial charge is 0.496 e. The van der Waals surface area contributed by atoms with Crippen LogP contribution in [0.2, 0.25) is 0 Å². The predicted molar refractivity (Wildman–Crippen MR) is 75.0 cm³/mol. The van der Waals surface area contributed by atoms with Gasteiger partial charge < -0.3 is 10.1 Å². The predicted octanol–water partition coefficient (Wildman–Crippen LogP) is 3.72. The molecule has 0 unspecified atom stereocenters. The van der Waals surface area contributed by atoms with Crippen molar-refractivity contribution in [1.29, 1.82) is 0 Å². The molecule has 1 heterocycles. The second-order valence-corrected chi connectivity index (χ2v) is 4.20. The van der Waals surface area contributed by atoms with Crippen molar-refractivity contribution in [3.05, 3.63) is 42.3 Å². The van der Waals surface area contributed by atoms with Crippen molar-refractivity contribution in [1.82, 2.24) is 4.98 Å². The quantitative estimate of drug-likeness (QED) is 0.889. The Balaban J connectivity index is 2.38. The van der Waals surface area contributed by atoms with Gasteiger partial charge in [0, 0.05) is 24.0 Å². The van der Waals surface area contributed by atoms with Crippen LogP contribution in [-0.2, 0) is 0 Å². The zero-order valence-corrected chi connectivity index (χ0v) is 11.1.